The summed E-state index contributed by atoms with van der Waals surface area (Å²) in [5.41, 5.74) is 1.82. The minimum absolute atomic E-state index is 0.0185. The highest BCUT2D eigenvalue weighted by Gasteiger charge is 2.36. The van der Waals surface area contributed by atoms with Crippen molar-refractivity contribution in [2.75, 3.05) is 16.8 Å². The first-order valence-electron chi connectivity index (χ1n) is 10.3. The number of benzene rings is 2. The predicted octanol–water partition coefficient (Wildman–Crippen LogP) is 3.45. The van der Waals surface area contributed by atoms with Crippen molar-refractivity contribution in [3.05, 3.63) is 83.3 Å². The maximum absolute atomic E-state index is 12.9. The van der Waals surface area contributed by atoms with Gasteiger partial charge in [-0.05, 0) is 48.9 Å². The average molecular weight is 429 g/mol. The van der Waals surface area contributed by atoms with Crippen LogP contribution in [-0.2, 0) is 11.3 Å². The van der Waals surface area contributed by atoms with Crippen LogP contribution in [0.1, 0.15) is 49.7 Å². The highest BCUT2D eigenvalue weighted by molar-refractivity contribution is 6.22. The Kier molecular flexibility index (Phi) is 4.82. The predicted molar refractivity (Wildman–Crippen MR) is 115 cm³/mol. The quantitative estimate of drug-likeness (QED) is 0.626. The van der Waals surface area contributed by atoms with E-state index in [2.05, 4.69) is 5.32 Å². The first-order chi connectivity index (χ1) is 15.5. The molecule has 3 aromatic rings. The minimum Gasteiger partial charge on any atom is -0.467 e. The Morgan fingerprint density at radius 2 is 1.78 bits per heavy atom. The Balaban J connectivity index is 1.39. The molecule has 8 heteroatoms. The van der Waals surface area contributed by atoms with Crippen molar-refractivity contribution in [3.63, 3.8) is 0 Å². The zero-order valence-electron chi connectivity index (χ0n) is 17.0. The molecule has 0 saturated carbocycles. The molecule has 0 bridgehead atoms. The second-order valence-electron chi connectivity index (χ2n) is 7.66. The van der Waals surface area contributed by atoms with Crippen LogP contribution < -0.4 is 10.2 Å². The number of fused-ring (bicyclic) bond motifs is 1. The van der Waals surface area contributed by atoms with Gasteiger partial charge in [0.2, 0.25) is 5.91 Å². The van der Waals surface area contributed by atoms with Crippen molar-refractivity contribution in [3.8, 4) is 0 Å². The van der Waals surface area contributed by atoms with Crippen LogP contribution in [0.25, 0.3) is 0 Å². The highest BCUT2D eigenvalue weighted by Crippen LogP contribution is 2.30. The lowest BCUT2D eigenvalue weighted by Crippen LogP contribution is -2.28. The van der Waals surface area contributed by atoms with Gasteiger partial charge in [-0.2, -0.15) is 0 Å². The van der Waals surface area contributed by atoms with Crippen LogP contribution in [0.4, 0.5) is 11.4 Å². The van der Waals surface area contributed by atoms with E-state index in [-0.39, 0.29) is 29.1 Å². The average Bonchev–Trinajstić information content (AvgIpc) is 3.52. The van der Waals surface area contributed by atoms with Crippen molar-refractivity contribution in [2.45, 2.75) is 19.4 Å². The van der Waals surface area contributed by atoms with Gasteiger partial charge in [-0.1, -0.05) is 12.1 Å². The number of nitrogens with zero attached hydrogens (tertiary/aromatic N) is 2. The molecular formula is C24H19N3O5. The Morgan fingerprint density at radius 3 is 2.53 bits per heavy atom. The molecule has 1 aromatic heterocycles. The summed E-state index contributed by atoms with van der Waals surface area (Å²) in [5, 5.41) is 2.83. The second kappa shape index (κ2) is 7.81. The van der Waals surface area contributed by atoms with Gasteiger partial charge in [0.1, 0.15) is 5.76 Å². The van der Waals surface area contributed by atoms with Gasteiger partial charge in [-0.15, -0.1) is 0 Å². The van der Waals surface area contributed by atoms with Gasteiger partial charge in [0.15, 0.2) is 0 Å². The number of rotatable bonds is 5. The summed E-state index contributed by atoms with van der Waals surface area (Å²) in [4.78, 5) is 53.3. The fraction of sp³-hybridized carbons (Fsp3) is 0.167. The van der Waals surface area contributed by atoms with Crippen LogP contribution in [0.5, 0.6) is 0 Å². The molecule has 0 aliphatic carbocycles. The van der Waals surface area contributed by atoms with Gasteiger partial charge in [0.25, 0.3) is 17.7 Å². The van der Waals surface area contributed by atoms with Crippen LogP contribution in [0, 0.1) is 0 Å². The van der Waals surface area contributed by atoms with Crippen LogP contribution in [0.3, 0.4) is 0 Å². The third-order valence-electron chi connectivity index (χ3n) is 5.64. The monoisotopic (exact) mass is 429 g/mol. The van der Waals surface area contributed by atoms with Crippen molar-refractivity contribution in [1.82, 2.24) is 4.90 Å². The molecule has 3 heterocycles. The molecule has 2 aliphatic heterocycles. The summed E-state index contributed by atoms with van der Waals surface area (Å²) < 4.78 is 5.24. The smallest absolute Gasteiger partial charge is 0.261 e. The van der Waals surface area contributed by atoms with Gasteiger partial charge in [0, 0.05) is 18.5 Å². The first-order valence-corrected chi connectivity index (χ1v) is 10.3. The summed E-state index contributed by atoms with van der Waals surface area (Å²) >= 11 is 0. The van der Waals surface area contributed by atoms with Crippen LogP contribution in [0.15, 0.2) is 65.3 Å². The molecule has 1 fully saturated rings. The van der Waals surface area contributed by atoms with Crippen LogP contribution in [-0.4, -0.2) is 35.1 Å². The van der Waals surface area contributed by atoms with E-state index >= 15 is 0 Å². The van der Waals surface area contributed by atoms with E-state index in [0.29, 0.717) is 30.1 Å². The molecule has 32 heavy (non-hydrogen) atoms. The topological polar surface area (TPSA) is 99.9 Å². The Labute approximate surface area is 183 Å². The number of nitrogens with one attached hydrogen (secondary N) is 1. The van der Waals surface area contributed by atoms with Crippen LogP contribution >= 0.6 is 0 Å². The molecule has 5 rings (SSSR count). The molecule has 2 aliphatic rings. The fourth-order valence-corrected chi connectivity index (χ4v) is 4.05. The van der Waals surface area contributed by atoms with Crippen molar-refractivity contribution >= 4 is 35.0 Å². The Morgan fingerprint density at radius 1 is 0.969 bits per heavy atom. The molecule has 0 radical (unpaired) electrons. The number of anilines is 2. The molecule has 2 aromatic carbocycles. The second-order valence-corrected chi connectivity index (χ2v) is 7.66. The third kappa shape index (κ3) is 3.35. The molecule has 0 spiro atoms. The number of para-hydroxylation sites is 2. The van der Waals surface area contributed by atoms with Crippen molar-refractivity contribution < 1.29 is 23.6 Å². The normalized spacial score (nSPS) is 15.4. The molecule has 1 saturated heterocycles. The molecule has 4 amide bonds. The van der Waals surface area contributed by atoms with Gasteiger partial charge in [-0.3, -0.25) is 24.1 Å². The number of furan rings is 1. The number of hydrogen-bond acceptors (Lipinski definition) is 5. The SMILES string of the molecule is O=C(Nc1ccccc1N1CCCC1=O)c1ccc2c(c1)C(=O)N(Cc1ccco1)C2=O. The maximum Gasteiger partial charge on any atom is 0.261 e. The third-order valence-corrected chi connectivity index (χ3v) is 5.64. The zero-order chi connectivity index (χ0) is 22.2. The number of hydrogen-bond donors (Lipinski definition) is 1. The largest absolute Gasteiger partial charge is 0.467 e. The number of carbonyl (C=O) groups is 4. The molecule has 8 nitrogen and oxygen atoms in total. The van der Waals surface area contributed by atoms with E-state index in [1.165, 1.54) is 24.5 Å². The lowest BCUT2D eigenvalue weighted by atomic mass is 10.1. The number of carbonyl (C=O) groups excluding carboxylic acids is 4. The minimum atomic E-state index is -0.473. The Bertz CT molecular complexity index is 1250. The molecule has 0 atom stereocenters. The summed E-state index contributed by atoms with van der Waals surface area (Å²) in [5.74, 6) is -0.822. The van der Waals surface area contributed by atoms with E-state index in [4.69, 9.17) is 4.42 Å². The molecule has 1 N–H and O–H groups in total. The van der Waals surface area contributed by atoms with E-state index in [0.717, 1.165) is 11.3 Å². The van der Waals surface area contributed by atoms with E-state index in [1.807, 2.05) is 6.07 Å². The lowest BCUT2D eigenvalue weighted by Gasteiger charge is -2.20. The summed E-state index contributed by atoms with van der Waals surface area (Å²) in [7, 11) is 0. The van der Waals surface area contributed by atoms with Crippen molar-refractivity contribution in [2.24, 2.45) is 0 Å². The fourth-order valence-electron chi connectivity index (χ4n) is 4.05. The molecular weight excluding hydrogens is 410 g/mol. The lowest BCUT2D eigenvalue weighted by molar-refractivity contribution is -0.117. The van der Waals surface area contributed by atoms with E-state index < -0.39 is 17.7 Å². The number of amides is 4. The Hall–Kier alpha value is -4.20. The van der Waals surface area contributed by atoms with Gasteiger partial charge in [0.05, 0.1) is 35.3 Å². The van der Waals surface area contributed by atoms with Gasteiger partial charge in [-0.25, -0.2) is 0 Å². The van der Waals surface area contributed by atoms with Crippen molar-refractivity contribution in [1.29, 1.82) is 0 Å². The summed E-state index contributed by atoms with van der Waals surface area (Å²) in [6.45, 7) is 0.630. The van der Waals surface area contributed by atoms with E-state index in [1.54, 1.807) is 35.2 Å². The standard InChI is InChI=1S/C24H19N3O5/c28-21-8-3-11-26(21)20-7-2-1-6-19(20)25-22(29)15-9-10-17-18(13-15)24(31)27(23(17)30)14-16-5-4-12-32-16/h1-2,4-7,9-10,12-13H,3,8,11,14H2,(H,25,29). The maximum atomic E-state index is 12.9. The first kappa shape index (κ1) is 19.7. The number of imide groups is 1. The zero-order valence-corrected chi connectivity index (χ0v) is 17.0. The molecule has 0 unspecified atom stereocenters. The summed E-state index contributed by atoms with van der Waals surface area (Å²) in [6.07, 6.45) is 2.73. The van der Waals surface area contributed by atoms with Gasteiger partial charge >= 0.3 is 0 Å². The van der Waals surface area contributed by atoms with Crippen LogP contribution in [0.2, 0.25) is 0 Å². The van der Waals surface area contributed by atoms with Gasteiger partial charge < -0.3 is 14.6 Å². The van der Waals surface area contributed by atoms with E-state index in [9.17, 15) is 19.2 Å². The highest BCUT2D eigenvalue weighted by atomic mass is 16.3. The molecule has 160 valence electrons. The summed E-state index contributed by atoms with van der Waals surface area (Å²) in [6, 6.07) is 14.9.